The Balaban J connectivity index is 0.000000115. The van der Waals surface area contributed by atoms with Gasteiger partial charge in [-0.25, -0.2) is 37.5 Å². The van der Waals surface area contributed by atoms with Crippen molar-refractivity contribution in [1.82, 2.24) is 38.6 Å². The van der Waals surface area contributed by atoms with Crippen LogP contribution < -0.4 is 0 Å². The van der Waals surface area contributed by atoms with E-state index in [4.69, 9.17) is 0 Å². The molecule has 0 amide bonds. The molecule has 0 spiro atoms. The largest absolute Gasteiger partial charge is 0.345 e. The summed E-state index contributed by atoms with van der Waals surface area (Å²) >= 11 is 3.27. The molecule has 0 radical (unpaired) electrons. The van der Waals surface area contributed by atoms with Gasteiger partial charge in [0.1, 0.15) is 17.4 Å². The second-order valence-corrected chi connectivity index (χ2v) is 12.2. The van der Waals surface area contributed by atoms with Crippen LogP contribution in [0.3, 0.4) is 0 Å². The number of hydrogen-bond acceptors (Lipinski definition) is 4. The Morgan fingerprint density at radius 1 is 0.638 bits per heavy atom. The third-order valence-electron chi connectivity index (χ3n) is 8.25. The highest BCUT2D eigenvalue weighted by atomic mass is 79.9. The number of para-hydroxylation sites is 4. The molecule has 1 N–H and O–H groups in total. The molecule has 236 valence electrons. The summed E-state index contributed by atoms with van der Waals surface area (Å²) in [6.45, 7) is 0. The molecular formula is C34H25BrF4N8. The Bertz CT molecular complexity index is 2390. The van der Waals surface area contributed by atoms with Crippen LogP contribution in [0.25, 0.3) is 50.1 Å². The van der Waals surface area contributed by atoms with E-state index in [-0.39, 0.29) is 23.1 Å². The topological polar surface area (TPSA) is 82.1 Å². The predicted molar refractivity (Wildman–Crippen MR) is 174 cm³/mol. The minimum Gasteiger partial charge on any atom is -0.345 e. The van der Waals surface area contributed by atoms with Gasteiger partial charge < -0.3 is 14.1 Å². The maximum atomic E-state index is 14.4. The normalized spacial score (nSPS) is 14.4. The van der Waals surface area contributed by atoms with Crippen molar-refractivity contribution in [2.75, 3.05) is 0 Å². The van der Waals surface area contributed by atoms with Gasteiger partial charge in [0, 0.05) is 12.1 Å². The number of nitrogens with one attached hydrogen (secondary N) is 1. The van der Waals surface area contributed by atoms with Crippen LogP contribution in [0.15, 0.2) is 90.2 Å². The minimum absolute atomic E-state index is 0.160. The number of halogens is 5. The summed E-state index contributed by atoms with van der Waals surface area (Å²) in [7, 11) is 0. The molecule has 0 saturated heterocycles. The maximum Gasteiger partial charge on any atom is 0.217 e. The molecule has 0 atom stereocenters. The van der Waals surface area contributed by atoms with Crippen LogP contribution in [0.1, 0.15) is 37.8 Å². The third-order valence-corrected chi connectivity index (χ3v) is 8.80. The smallest absolute Gasteiger partial charge is 0.217 e. The Labute approximate surface area is 272 Å². The van der Waals surface area contributed by atoms with Crippen LogP contribution >= 0.6 is 15.9 Å². The van der Waals surface area contributed by atoms with Crippen molar-refractivity contribution in [3.8, 4) is 5.95 Å². The monoisotopic (exact) mass is 700 g/mol. The standard InChI is InChI=1S/C17H12F2N4.C10H7BrF2N2.C7H6N2/c18-11-7-8-13-16(15(11)19)23(10-5-6-10)17(21-13)22-9-20-12-3-1-2-4-14(12)22;11-10-14-7-4-3-6(12)8(13)9(7)15(10)5-1-2-5;1-2-4-7-6(3-1)8-5-9-7/h1-4,7-10H,5-6H2;3-5H,1-2H2;1-5H,(H,8,9). The summed E-state index contributed by atoms with van der Waals surface area (Å²) in [5, 5.41) is 0. The summed E-state index contributed by atoms with van der Waals surface area (Å²) in [5.41, 5.74) is 5.31. The lowest BCUT2D eigenvalue weighted by atomic mass is 10.3. The molecule has 2 fully saturated rings. The number of fused-ring (bicyclic) bond motifs is 4. The van der Waals surface area contributed by atoms with Crippen LogP contribution in [0.5, 0.6) is 0 Å². The van der Waals surface area contributed by atoms with Gasteiger partial charge in [-0.1, -0.05) is 24.3 Å². The minimum atomic E-state index is -0.846. The van der Waals surface area contributed by atoms with Crippen LogP contribution in [0, 0.1) is 23.3 Å². The zero-order valence-corrected chi connectivity index (χ0v) is 26.2. The molecule has 47 heavy (non-hydrogen) atoms. The number of H-pyrrole nitrogens is 1. The molecule has 2 saturated carbocycles. The van der Waals surface area contributed by atoms with Gasteiger partial charge in [-0.05, 0) is 90.1 Å². The zero-order valence-electron chi connectivity index (χ0n) is 24.6. The molecule has 8 aromatic rings. The van der Waals surface area contributed by atoms with Crippen LogP contribution in [0.2, 0.25) is 0 Å². The third kappa shape index (κ3) is 5.33. The van der Waals surface area contributed by atoms with Crippen molar-refractivity contribution in [2.24, 2.45) is 0 Å². The quantitative estimate of drug-likeness (QED) is 0.187. The van der Waals surface area contributed by atoms with Crippen molar-refractivity contribution in [1.29, 1.82) is 0 Å². The first-order chi connectivity index (χ1) is 22.9. The van der Waals surface area contributed by atoms with Gasteiger partial charge in [0.25, 0.3) is 0 Å². The van der Waals surface area contributed by atoms with E-state index >= 15 is 0 Å². The van der Waals surface area contributed by atoms with Gasteiger partial charge in [-0.15, -0.1) is 0 Å². The second-order valence-electron chi connectivity index (χ2n) is 11.5. The zero-order chi connectivity index (χ0) is 32.2. The lowest BCUT2D eigenvalue weighted by Crippen LogP contribution is -2.05. The van der Waals surface area contributed by atoms with Gasteiger partial charge in [0.2, 0.25) is 5.95 Å². The molecule has 0 unspecified atom stereocenters. The number of rotatable bonds is 3. The summed E-state index contributed by atoms with van der Waals surface area (Å²) < 4.78 is 60.7. The number of nitrogens with zero attached hydrogens (tertiary/aromatic N) is 7. The van der Waals surface area contributed by atoms with Crippen molar-refractivity contribution >= 4 is 60.1 Å². The van der Waals surface area contributed by atoms with Crippen LogP contribution in [-0.4, -0.2) is 38.6 Å². The first-order valence-corrected chi connectivity index (χ1v) is 15.9. The summed E-state index contributed by atoms with van der Waals surface area (Å²) in [4.78, 5) is 20.1. The lowest BCUT2D eigenvalue weighted by Gasteiger charge is -2.09. The number of aromatic amines is 1. The molecule has 13 heteroatoms. The highest BCUT2D eigenvalue weighted by molar-refractivity contribution is 9.10. The fourth-order valence-corrected chi connectivity index (χ4v) is 6.38. The van der Waals surface area contributed by atoms with Gasteiger partial charge in [-0.3, -0.25) is 4.57 Å². The van der Waals surface area contributed by atoms with Gasteiger partial charge in [-0.2, -0.15) is 0 Å². The fourth-order valence-electron chi connectivity index (χ4n) is 5.72. The van der Waals surface area contributed by atoms with Crippen LogP contribution in [-0.2, 0) is 0 Å². The van der Waals surface area contributed by atoms with Crippen molar-refractivity contribution in [2.45, 2.75) is 37.8 Å². The van der Waals surface area contributed by atoms with E-state index < -0.39 is 23.3 Å². The van der Waals surface area contributed by atoms with Crippen LogP contribution in [0.4, 0.5) is 17.6 Å². The van der Waals surface area contributed by atoms with Gasteiger partial charge in [0.05, 0.1) is 39.4 Å². The number of aromatic nitrogens is 8. The number of imidazole rings is 4. The average molecular weight is 702 g/mol. The summed E-state index contributed by atoms with van der Waals surface area (Å²) in [5.74, 6) is -2.73. The molecule has 4 heterocycles. The van der Waals surface area contributed by atoms with E-state index in [1.165, 1.54) is 12.1 Å². The average Bonchev–Trinajstić information content (AvgIpc) is 3.93. The molecule has 2 aliphatic carbocycles. The molecule has 0 aliphatic heterocycles. The molecular weight excluding hydrogens is 676 g/mol. The van der Waals surface area contributed by atoms with E-state index in [2.05, 4.69) is 40.8 Å². The summed E-state index contributed by atoms with van der Waals surface area (Å²) in [6, 6.07) is 21.3. The Hall–Kier alpha value is -5.04. The Kier molecular flexibility index (Phi) is 7.27. The van der Waals surface area contributed by atoms with Crippen molar-refractivity contribution in [3.63, 3.8) is 0 Å². The molecule has 8 nitrogen and oxygen atoms in total. The lowest BCUT2D eigenvalue weighted by molar-refractivity contribution is 0.511. The molecule has 4 aromatic heterocycles. The molecule has 10 rings (SSSR count). The SMILES string of the molecule is Fc1ccc2nc(-n3cnc4ccccc43)n(C3CC3)c2c1F.Fc1ccc2nc(Br)n(C3CC3)c2c1F.c1ccc2[nH]cnc2c1. The number of hydrogen-bond donors (Lipinski definition) is 1. The van der Waals surface area contributed by atoms with E-state index in [1.54, 1.807) is 17.2 Å². The van der Waals surface area contributed by atoms with E-state index in [9.17, 15) is 17.6 Å². The van der Waals surface area contributed by atoms with Gasteiger partial charge >= 0.3 is 0 Å². The Morgan fingerprint density at radius 3 is 1.91 bits per heavy atom. The predicted octanol–water partition coefficient (Wildman–Crippen LogP) is 8.96. The molecule has 0 bridgehead atoms. The Morgan fingerprint density at radius 2 is 1.23 bits per heavy atom. The maximum absolute atomic E-state index is 14.4. The highest BCUT2D eigenvalue weighted by Crippen LogP contribution is 2.42. The van der Waals surface area contributed by atoms with E-state index in [0.717, 1.165) is 59.9 Å². The van der Waals surface area contributed by atoms with E-state index in [0.29, 0.717) is 21.7 Å². The van der Waals surface area contributed by atoms with Crippen molar-refractivity contribution in [3.05, 3.63) is 113 Å². The van der Waals surface area contributed by atoms with Gasteiger partial charge in [0.15, 0.2) is 28.0 Å². The van der Waals surface area contributed by atoms with E-state index in [1.807, 2.05) is 57.7 Å². The number of benzene rings is 4. The molecule has 2 aliphatic rings. The first-order valence-electron chi connectivity index (χ1n) is 15.1. The fraction of sp³-hybridized carbons (Fsp3) is 0.176. The second kappa shape index (κ2) is 11.6. The highest BCUT2D eigenvalue weighted by Gasteiger charge is 2.32. The molecule has 4 aromatic carbocycles. The van der Waals surface area contributed by atoms with Crippen molar-refractivity contribution < 1.29 is 17.6 Å². The first kappa shape index (κ1) is 29.4. The summed E-state index contributed by atoms with van der Waals surface area (Å²) in [6.07, 6.45) is 7.27.